The van der Waals surface area contributed by atoms with E-state index in [4.69, 9.17) is 4.74 Å². The molecule has 0 aliphatic carbocycles. The summed E-state index contributed by atoms with van der Waals surface area (Å²) >= 11 is 0. The van der Waals surface area contributed by atoms with Crippen LogP contribution >= 0.6 is 0 Å². The summed E-state index contributed by atoms with van der Waals surface area (Å²) in [5, 5.41) is 10.9. The van der Waals surface area contributed by atoms with Crippen LogP contribution in [0.1, 0.15) is 43.2 Å². The maximum absolute atomic E-state index is 14.6. The fraction of sp³-hybridized carbons (Fsp3) is 0.464. The van der Waals surface area contributed by atoms with Gasteiger partial charge in [0.15, 0.2) is 0 Å². The third-order valence-electron chi connectivity index (χ3n) is 7.53. The van der Waals surface area contributed by atoms with Crippen LogP contribution in [0.5, 0.6) is 5.75 Å². The van der Waals surface area contributed by atoms with E-state index in [0.29, 0.717) is 42.8 Å². The number of nitrogens with zero attached hydrogens (tertiary/aromatic N) is 2. The lowest BCUT2D eigenvalue weighted by Crippen LogP contribution is -2.42. The molecule has 0 radical (unpaired) electrons. The number of pyridine rings is 1. The summed E-state index contributed by atoms with van der Waals surface area (Å²) in [6, 6.07) is 6.86. The number of hydrogen-bond donors (Lipinski definition) is 1. The van der Waals surface area contributed by atoms with Crippen molar-refractivity contribution in [2.45, 2.75) is 44.9 Å². The van der Waals surface area contributed by atoms with E-state index >= 15 is 0 Å². The lowest BCUT2D eigenvalue weighted by atomic mass is 9.75. The predicted octanol–water partition coefficient (Wildman–Crippen LogP) is 5.83. The highest BCUT2D eigenvalue weighted by atomic mass is 19.1. The number of aliphatic hydroxyl groups excluding tert-OH is 1. The van der Waals surface area contributed by atoms with Crippen LogP contribution < -0.4 is 4.74 Å². The van der Waals surface area contributed by atoms with Crippen LogP contribution in [0.4, 0.5) is 17.6 Å². The first kappa shape index (κ1) is 26.4. The number of aliphatic hydroxyl groups is 1. The molecule has 1 aliphatic heterocycles. The SMILES string of the molecule is COc1ccc2ncc(F)c(CCCC3(CO)CCN(CCCc4c(F)cc(F)cc4F)CC3)c2c1. The summed E-state index contributed by atoms with van der Waals surface area (Å²) < 4.78 is 60.7. The standard InChI is InChI=1S/C28H32F4N2O2/c1-36-20-6-7-27-23(16-20)21(26(32)17-33-27)4-2-8-28(18-35)9-12-34(13-10-28)11-3-5-22-24(30)14-19(29)15-25(22)31/h6-7,14-17,35H,2-5,8-13,18H2,1H3. The predicted molar refractivity (Wildman–Crippen MR) is 131 cm³/mol. The highest BCUT2D eigenvalue weighted by molar-refractivity contribution is 5.83. The van der Waals surface area contributed by atoms with Crippen molar-refractivity contribution in [3.8, 4) is 5.75 Å². The largest absolute Gasteiger partial charge is 0.497 e. The summed E-state index contributed by atoms with van der Waals surface area (Å²) in [6.07, 6.45) is 5.67. The van der Waals surface area contributed by atoms with E-state index in [1.165, 1.54) is 6.20 Å². The number of benzene rings is 2. The number of rotatable bonds is 10. The van der Waals surface area contributed by atoms with Gasteiger partial charge in [0.05, 0.1) is 18.8 Å². The van der Waals surface area contributed by atoms with Gasteiger partial charge in [-0.25, -0.2) is 17.6 Å². The van der Waals surface area contributed by atoms with Gasteiger partial charge in [-0.05, 0) is 93.8 Å². The summed E-state index contributed by atoms with van der Waals surface area (Å²) in [6.45, 7) is 2.30. The molecule has 0 atom stereocenters. The Bertz CT molecular complexity index is 1170. The van der Waals surface area contributed by atoms with Gasteiger partial charge in [-0.1, -0.05) is 0 Å². The number of ether oxygens (including phenoxy) is 1. The molecule has 0 unspecified atom stereocenters. The Balaban J connectivity index is 1.30. The van der Waals surface area contributed by atoms with Gasteiger partial charge in [0.25, 0.3) is 0 Å². The highest BCUT2D eigenvalue weighted by Gasteiger charge is 2.33. The molecule has 1 saturated heterocycles. The molecule has 194 valence electrons. The monoisotopic (exact) mass is 504 g/mol. The van der Waals surface area contributed by atoms with E-state index in [-0.39, 0.29) is 29.8 Å². The van der Waals surface area contributed by atoms with Crippen molar-refractivity contribution in [3.05, 3.63) is 70.9 Å². The number of aromatic nitrogens is 1. The minimum absolute atomic E-state index is 0.0697. The molecule has 36 heavy (non-hydrogen) atoms. The van der Waals surface area contributed by atoms with E-state index in [1.54, 1.807) is 13.2 Å². The van der Waals surface area contributed by atoms with Gasteiger partial charge in [-0.3, -0.25) is 4.98 Å². The first-order valence-electron chi connectivity index (χ1n) is 12.4. The van der Waals surface area contributed by atoms with Crippen molar-refractivity contribution in [1.82, 2.24) is 9.88 Å². The van der Waals surface area contributed by atoms with Crippen LogP contribution in [-0.4, -0.2) is 48.3 Å². The van der Waals surface area contributed by atoms with Gasteiger partial charge >= 0.3 is 0 Å². The fourth-order valence-electron chi connectivity index (χ4n) is 5.25. The maximum atomic E-state index is 14.6. The number of aryl methyl sites for hydroxylation is 1. The molecule has 1 aliphatic rings. The second-order valence-corrected chi connectivity index (χ2v) is 9.77. The first-order valence-corrected chi connectivity index (χ1v) is 12.4. The average molecular weight is 505 g/mol. The van der Waals surface area contributed by atoms with Gasteiger partial charge in [-0.2, -0.15) is 0 Å². The topological polar surface area (TPSA) is 45.6 Å². The number of piperidine rings is 1. The van der Waals surface area contributed by atoms with E-state index in [9.17, 15) is 22.7 Å². The minimum atomic E-state index is -0.912. The Morgan fingerprint density at radius 2 is 1.64 bits per heavy atom. The number of fused-ring (bicyclic) bond motifs is 1. The van der Waals surface area contributed by atoms with Crippen LogP contribution in [0, 0.1) is 28.7 Å². The van der Waals surface area contributed by atoms with Crippen molar-refractivity contribution in [2.24, 2.45) is 5.41 Å². The minimum Gasteiger partial charge on any atom is -0.497 e. The van der Waals surface area contributed by atoms with Gasteiger partial charge < -0.3 is 14.7 Å². The van der Waals surface area contributed by atoms with E-state index in [2.05, 4.69) is 9.88 Å². The quantitative estimate of drug-likeness (QED) is 0.353. The van der Waals surface area contributed by atoms with E-state index in [0.717, 1.165) is 49.7 Å². The first-order chi connectivity index (χ1) is 17.3. The van der Waals surface area contributed by atoms with E-state index in [1.807, 2.05) is 12.1 Å². The van der Waals surface area contributed by atoms with Crippen LogP contribution in [0.15, 0.2) is 36.5 Å². The van der Waals surface area contributed by atoms with Gasteiger partial charge in [0.1, 0.15) is 29.0 Å². The molecule has 8 heteroatoms. The zero-order chi connectivity index (χ0) is 25.7. The zero-order valence-electron chi connectivity index (χ0n) is 20.5. The molecule has 4 rings (SSSR count). The average Bonchev–Trinajstić information content (AvgIpc) is 2.87. The number of likely N-dealkylation sites (tertiary alicyclic amines) is 1. The Morgan fingerprint density at radius 3 is 2.31 bits per heavy atom. The van der Waals surface area contributed by atoms with E-state index < -0.39 is 17.5 Å². The normalized spacial score (nSPS) is 15.9. The van der Waals surface area contributed by atoms with Crippen molar-refractivity contribution in [1.29, 1.82) is 0 Å². The molecule has 3 aromatic rings. The van der Waals surface area contributed by atoms with Crippen LogP contribution in [-0.2, 0) is 12.8 Å². The Labute approximate surface area is 208 Å². The Kier molecular flexibility index (Phi) is 8.46. The molecule has 0 spiro atoms. The zero-order valence-corrected chi connectivity index (χ0v) is 20.5. The van der Waals surface area contributed by atoms with Crippen molar-refractivity contribution in [3.63, 3.8) is 0 Å². The molecule has 0 saturated carbocycles. The molecule has 2 aromatic carbocycles. The molecule has 1 aromatic heterocycles. The highest BCUT2D eigenvalue weighted by Crippen LogP contribution is 2.37. The summed E-state index contributed by atoms with van der Waals surface area (Å²) in [5.41, 5.74) is 1.04. The van der Waals surface area contributed by atoms with Crippen LogP contribution in [0.3, 0.4) is 0 Å². The summed E-state index contributed by atoms with van der Waals surface area (Å²) in [4.78, 5) is 6.41. The second kappa shape index (κ2) is 11.6. The number of halogens is 4. The van der Waals surface area contributed by atoms with Gasteiger partial charge in [0.2, 0.25) is 0 Å². The molecule has 1 N–H and O–H groups in total. The Hall–Kier alpha value is -2.71. The second-order valence-electron chi connectivity index (χ2n) is 9.77. The molecular weight excluding hydrogens is 472 g/mol. The smallest absolute Gasteiger partial charge is 0.145 e. The summed E-state index contributed by atoms with van der Waals surface area (Å²) in [7, 11) is 1.57. The molecule has 0 amide bonds. The molecule has 4 nitrogen and oxygen atoms in total. The van der Waals surface area contributed by atoms with Crippen molar-refractivity contribution < 1.29 is 27.4 Å². The lowest BCUT2D eigenvalue weighted by molar-refractivity contribution is 0.0353. The third kappa shape index (κ3) is 5.98. The van der Waals surface area contributed by atoms with Gasteiger partial charge in [0, 0.05) is 29.7 Å². The summed E-state index contributed by atoms with van der Waals surface area (Å²) in [5.74, 6) is -2.28. The molecule has 1 fully saturated rings. The van der Waals surface area contributed by atoms with Crippen molar-refractivity contribution in [2.75, 3.05) is 33.4 Å². The lowest BCUT2D eigenvalue weighted by Gasteiger charge is -2.41. The van der Waals surface area contributed by atoms with Crippen molar-refractivity contribution >= 4 is 10.9 Å². The number of methoxy groups -OCH3 is 1. The fourth-order valence-corrected chi connectivity index (χ4v) is 5.25. The number of hydrogen-bond acceptors (Lipinski definition) is 4. The molecule has 0 bridgehead atoms. The third-order valence-corrected chi connectivity index (χ3v) is 7.53. The molecular formula is C28H32F4N2O2. The molecule has 2 heterocycles. The van der Waals surface area contributed by atoms with Crippen LogP contribution in [0.25, 0.3) is 10.9 Å². The Morgan fingerprint density at radius 1 is 0.944 bits per heavy atom. The van der Waals surface area contributed by atoms with Crippen LogP contribution in [0.2, 0.25) is 0 Å². The maximum Gasteiger partial charge on any atom is 0.145 e. The van der Waals surface area contributed by atoms with Gasteiger partial charge in [-0.15, -0.1) is 0 Å².